The number of methoxy groups -OCH3 is 1. The van der Waals surface area contributed by atoms with Crippen LogP contribution in [0.25, 0.3) is 11.0 Å². The van der Waals surface area contributed by atoms with E-state index in [0.29, 0.717) is 12.1 Å². The smallest absolute Gasteiger partial charge is 0.122 e. The zero-order chi connectivity index (χ0) is 14.7. The molecule has 0 aliphatic heterocycles. The van der Waals surface area contributed by atoms with Crippen LogP contribution in [0.15, 0.2) is 54.7 Å². The molecule has 0 radical (unpaired) electrons. The van der Waals surface area contributed by atoms with E-state index in [-0.39, 0.29) is 0 Å². The van der Waals surface area contributed by atoms with Gasteiger partial charge in [0.15, 0.2) is 0 Å². The first-order valence-electron chi connectivity index (χ1n) is 6.79. The van der Waals surface area contributed by atoms with Crippen molar-refractivity contribution in [2.75, 3.05) is 7.11 Å². The van der Waals surface area contributed by atoms with Crippen LogP contribution in [0.2, 0.25) is 0 Å². The summed E-state index contributed by atoms with van der Waals surface area (Å²) in [6.07, 6.45) is 1.36. The number of ether oxygens (including phenoxy) is 1. The third kappa shape index (κ3) is 2.85. The number of aromatic nitrogens is 2. The third-order valence-electron chi connectivity index (χ3n) is 3.41. The average molecular weight is 280 g/mol. The Morgan fingerprint density at radius 3 is 2.57 bits per heavy atom. The van der Waals surface area contributed by atoms with Crippen molar-refractivity contribution < 1.29 is 9.84 Å². The third-order valence-corrected chi connectivity index (χ3v) is 3.41. The summed E-state index contributed by atoms with van der Waals surface area (Å²) in [7, 11) is 1.63. The van der Waals surface area contributed by atoms with Crippen molar-refractivity contribution in [1.29, 1.82) is 0 Å². The van der Waals surface area contributed by atoms with Gasteiger partial charge in [0, 0.05) is 6.42 Å². The Labute approximate surface area is 123 Å². The summed E-state index contributed by atoms with van der Waals surface area (Å²) in [5.74, 6) is 0.769. The van der Waals surface area contributed by atoms with Gasteiger partial charge in [0.05, 0.1) is 30.0 Å². The number of para-hydroxylation sites is 3. The van der Waals surface area contributed by atoms with Crippen LogP contribution >= 0.6 is 0 Å². The molecule has 0 fully saturated rings. The number of benzene rings is 2. The van der Waals surface area contributed by atoms with Crippen LogP contribution in [-0.4, -0.2) is 22.2 Å². The van der Waals surface area contributed by atoms with Crippen molar-refractivity contribution in [2.45, 2.75) is 12.5 Å². The van der Waals surface area contributed by atoms with E-state index in [0.717, 1.165) is 22.3 Å². The summed E-state index contributed by atoms with van der Waals surface area (Å²) >= 11 is 0. The number of nitrogens with zero attached hydrogens (tertiary/aromatic N) is 2. The molecule has 3 aromatic rings. The standard InChI is InChI=1S/C17H16N2O2/c1-21-17-9-5-2-6-12(17)10-16(20)15-11-18-13-7-3-4-8-14(13)19-15/h2-9,11,16,20H,10H2,1H3. The van der Waals surface area contributed by atoms with Crippen molar-refractivity contribution in [3.8, 4) is 5.75 Å². The molecule has 0 aliphatic rings. The van der Waals surface area contributed by atoms with E-state index >= 15 is 0 Å². The Morgan fingerprint density at radius 1 is 1.05 bits per heavy atom. The van der Waals surface area contributed by atoms with Crippen molar-refractivity contribution >= 4 is 11.0 Å². The molecule has 1 atom stereocenters. The van der Waals surface area contributed by atoms with E-state index in [2.05, 4.69) is 9.97 Å². The lowest BCUT2D eigenvalue weighted by Gasteiger charge is -2.13. The van der Waals surface area contributed by atoms with Gasteiger partial charge in [-0.05, 0) is 23.8 Å². The first-order valence-corrected chi connectivity index (χ1v) is 6.79. The highest BCUT2D eigenvalue weighted by atomic mass is 16.5. The molecule has 21 heavy (non-hydrogen) atoms. The predicted molar refractivity (Wildman–Crippen MR) is 81.2 cm³/mol. The number of rotatable bonds is 4. The Balaban J connectivity index is 1.88. The van der Waals surface area contributed by atoms with E-state index in [1.165, 1.54) is 0 Å². The fourth-order valence-electron chi connectivity index (χ4n) is 2.32. The summed E-state index contributed by atoms with van der Waals surface area (Å²) in [5, 5.41) is 10.4. The van der Waals surface area contributed by atoms with Crippen molar-refractivity contribution in [3.63, 3.8) is 0 Å². The lowest BCUT2D eigenvalue weighted by molar-refractivity contribution is 0.172. The maximum atomic E-state index is 10.4. The minimum atomic E-state index is -0.710. The molecule has 0 amide bonds. The summed E-state index contributed by atoms with van der Waals surface area (Å²) in [6.45, 7) is 0. The highest BCUT2D eigenvalue weighted by molar-refractivity contribution is 5.73. The van der Waals surface area contributed by atoms with E-state index < -0.39 is 6.10 Å². The molecular weight excluding hydrogens is 264 g/mol. The molecule has 0 aliphatic carbocycles. The molecule has 0 bridgehead atoms. The molecule has 1 aromatic heterocycles. The molecule has 4 heteroatoms. The minimum absolute atomic E-state index is 0.442. The molecule has 0 saturated heterocycles. The fraction of sp³-hybridized carbons (Fsp3) is 0.176. The van der Waals surface area contributed by atoms with Crippen LogP contribution in [0.3, 0.4) is 0 Å². The van der Waals surface area contributed by atoms with E-state index in [1.807, 2.05) is 48.5 Å². The minimum Gasteiger partial charge on any atom is -0.496 e. The van der Waals surface area contributed by atoms with Crippen LogP contribution in [-0.2, 0) is 6.42 Å². The zero-order valence-electron chi connectivity index (χ0n) is 11.7. The molecule has 106 valence electrons. The summed E-state index contributed by atoms with van der Waals surface area (Å²) in [5.41, 5.74) is 3.13. The number of aliphatic hydroxyl groups excluding tert-OH is 1. The van der Waals surface area contributed by atoms with E-state index in [9.17, 15) is 5.11 Å². The maximum Gasteiger partial charge on any atom is 0.122 e. The van der Waals surface area contributed by atoms with Gasteiger partial charge in [-0.1, -0.05) is 30.3 Å². The summed E-state index contributed by atoms with van der Waals surface area (Å²) in [6, 6.07) is 15.3. The van der Waals surface area contributed by atoms with Crippen LogP contribution in [0.4, 0.5) is 0 Å². The van der Waals surface area contributed by atoms with Gasteiger partial charge >= 0.3 is 0 Å². The monoisotopic (exact) mass is 280 g/mol. The van der Waals surface area contributed by atoms with Crippen LogP contribution < -0.4 is 4.74 Å². The maximum absolute atomic E-state index is 10.4. The van der Waals surface area contributed by atoms with Gasteiger partial charge in [0.25, 0.3) is 0 Å². The first-order chi connectivity index (χ1) is 10.3. The first kappa shape index (κ1) is 13.5. The largest absolute Gasteiger partial charge is 0.496 e. The zero-order valence-corrected chi connectivity index (χ0v) is 11.7. The van der Waals surface area contributed by atoms with Crippen LogP contribution in [0.1, 0.15) is 17.4 Å². The fourth-order valence-corrected chi connectivity index (χ4v) is 2.32. The van der Waals surface area contributed by atoms with Crippen LogP contribution in [0, 0.1) is 0 Å². The van der Waals surface area contributed by atoms with E-state index in [4.69, 9.17) is 4.74 Å². The Kier molecular flexibility index (Phi) is 3.79. The van der Waals surface area contributed by atoms with Crippen molar-refractivity contribution in [2.24, 2.45) is 0 Å². The Hall–Kier alpha value is -2.46. The number of aliphatic hydroxyl groups is 1. The van der Waals surface area contributed by atoms with Crippen molar-refractivity contribution in [1.82, 2.24) is 9.97 Å². The van der Waals surface area contributed by atoms with E-state index in [1.54, 1.807) is 13.3 Å². The van der Waals surface area contributed by atoms with Gasteiger partial charge in [-0.25, -0.2) is 4.98 Å². The van der Waals surface area contributed by atoms with Gasteiger partial charge in [-0.15, -0.1) is 0 Å². The molecular formula is C17H16N2O2. The SMILES string of the molecule is COc1ccccc1CC(O)c1cnc2ccccc2n1. The number of hydrogen-bond donors (Lipinski definition) is 1. The second-order valence-corrected chi connectivity index (χ2v) is 4.82. The molecule has 1 unspecified atom stereocenters. The molecule has 1 N–H and O–H groups in total. The Morgan fingerprint density at radius 2 is 1.76 bits per heavy atom. The normalized spacial score (nSPS) is 12.3. The van der Waals surface area contributed by atoms with Gasteiger partial charge in [0.2, 0.25) is 0 Å². The van der Waals surface area contributed by atoms with Gasteiger partial charge < -0.3 is 9.84 Å². The van der Waals surface area contributed by atoms with Crippen LogP contribution in [0.5, 0.6) is 5.75 Å². The number of fused-ring (bicyclic) bond motifs is 1. The lowest BCUT2D eigenvalue weighted by atomic mass is 10.0. The molecule has 1 heterocycles. The summed E-state index contributed by atoms with van der Waals surface area (Å²) in [4.78, 5) is 8.81. The highest BCUT2D eigenvalue weighted by Crippen LogP contribution is 2.24. The van der Waals surface area contributed by atoms with Gasteiger partial charge in [-0.2, -0.15) is 0 Å². The second kappa shape index (κ2) is 5.89. The Bertz CT molecular complexity index is 758. The average Bonchev–Trinajstić information content (AvgIpc) is 2.55. The molecule has 4 nitrogen and oxygen atoms in total. The number of hydrogen-bond acceptors (Lipinski definition) is 4. The molecule has 3 rings (SSSR count). The molecule has 2 aromatic carbocycles. The highest BCUT2D eigenvalue weighted by Gasteiger charge is 2.14. The predicted octanol–water partition coefficient (Wildman–Crippen LogP) is 2.91. The quantitative estimate of drug-likeness (QED) is 0.798. The summed E-state index contributed by atoms with van der Waals surface area (Å²) < 4.78 is 5.31. The molecule has 0 saturated carbocycles. The van der Waals surface area contributed by atoms with Gasteiger partial charge in [0.1, 0.15) is 11.9 Å². The van der Waals surface area contributed by atoms with Crippen molar-refractivity contribution in [3.05, 3.63) is 66.0 Å². The molecule has 0 spiro atoms. The lowest BCUT2D eigenvalue weighted by Crippen LogP contribution is -2.06. The second-order valence-electron chi connectivity index (χ2n) is 4.82. The van der Waals surface area contributed by atoms with Gasteiger partial charge in [-0.3, -0.25) is 4.98 Å². The topological polar surface area (TPSA) is 55.2 Å².